The van der Waals surface area contributed by atoms with Gasteiger partial charge in [-0.2, -0.15) is 0 Å². The van der Waals surface area contributed by atoms with Crippen LogP contribution in [-0.4, -0.2) is 22.1 Å². The fraction of sp³-hybridized carbons (Fsp3) is 0.400. The number of benzene rings is 1. The van der Waals surface area contributed by atoms with Gasteiger partial charge in [0.25, 0.3) is 5.56 Å². The normalized spacial score (nSPS) is 15.9. The first-order valence-electron chi connectivity index (χ1n) is 8.94. The van der Waals surface area contributed by atoms with Crippen molar-refractivity contribution >= 4 is 21.6 Å². The van der Waals surface area contributed by atoms with E-state index in [0.717, 1.165) is 40.0 Å². The quantitative estimate of drug-likeness (QED) is 0.678. The van der Waals surface area contributed by atoms with Crippen LogP contribution in [0.1, 0.15) is 35.7 Å². The molecule has 2 N–H and O–H groups in total. The highest BCUT2D eigenvalue weighted by atomic mass is 32.1. The van der Waals surface area contributed by atoms with Gasteiger partial charge in [0.05, 0.1) is 24.1 Å². The lowest BCUT2D eigenvalue weighted by atomic mass is 9.94. The monoisotopic (exact) mass is 369 g/mol. The number of aromatic amines is 1. The molecule has 1 aromatic carbocycles. The zero-order valence-corrected chi connectivity index (χ0v) is 15.9. The summed E-state index contributed by atoms with van der Waals surface area (Å²) >= 11 is 1.58. The molecule has 3 aromatic rings. The van der Waals surface area contributed by atoms with E-state index >= 15 is 0 Å². The molecule has 0 atom stereocenters. The Morgan fingerprint density at radius 2 is 2.12 bits per heavy atom. The molecule has 0 saturated carbocycles. The van der Waals surface area contributed by atoms with E-state index in [0.29, 0.717) is 19.0 Å². The van der Waals surface area contributed by atoms with Crippen LogP contribution in [0.2, 0.25) is 0 Å². The summed E-state index contributed by atoms with van der Waals surface area (Å²) in [6, 6.07) is 10.4. The predicted octanol–water partition coefficient (Wildman–Crippen LogP) is 3.17. The number of fused-ring (bicyclic) bond motifs is 3. The van der Waals surface area contributed by atoms with Crippen LogP contribution >= 0.6 is 11.3 Å². The van der Waals surface area contributed by atoms with Gasteiger partial charge in [-0.3, -0.25) is 4.79 Å². The summed E-state index contributed by atoms with van der Waals surface area (Å²) in [6.45, 7) is 6.09. The molecule has 26 heavy (non-hydrogen) atoms. The molecule has 0 fully saturated rings. The summed E-state index contributed by atoms with van der Waals surface area (Å²) in [4.78, 5) is 22.2. The first-order chi connectivity index (χ1) is 12.5. The molecule has 0 radical (unpaired) electrons. The Labute approximate surface area is 156 Å². The van der Waals surface area contributed by atoms with Gasteiger partial charge >= 0.3 is 0 Å². The van der Waals surface area contributed by atoms with Crippen molar-refractivity contribution < 1.29 is 4.74 Å². The van der Waals surface area contributed by atoms with Crippen molar-refractivity contribution in [3.8, 4) is 0 Å². The molecular weight excluding hydrogens is 346 g/mol. The lowest BCUT2D eigenvalue weighted by Gasteiger charge is -2.29. The lowest BCUT2D eigenvalue weighted by molar-refractivity contribution is -0.0379. The molecule has 0 aliphatic carbocycles. The van der Waals surface area contributed by atoms with E-state index in [-0.39, 0.29) is 11.2 Å². The topological polar surface area (TPSA) is 67.0 Å². The van der Waals surface area contributed by atoms with Crippen molar-refractivity contribution in [2.75, 3.05) is 6.54 Å². The largest absolute Gasteiger partial charge is 0.370 e. The van der Waals surface area contributed by atoms with Crippen LogP contribution in [0.15, 0.2) is 35.1 Å². The van der Waals surface area contributed by atoms with Crippen LogP contribution in [0.3, 0.4) is 0 Å². The molecule has 0 saturated heterocycles. The Bertz CT molecular complexity index is 976. The molecule has 0 spiro atoms. The summed E-state index contributed by atoms with van der Waals surface area (Å²) < 4.78 is 5.87. The van der Waals surface area contributed by atoms with Gasteiger partial charge < -0.3 is 15.0 Å². The third-order valence-electron chi connectivity index (χ3n) is 4.72. The highest BCUT2D eigenvalue weighted by Crippen LogP contribution is 2.36. The van der Waals surface area contributed by atoms with Gasteiger partial charge in [0.15, 0.2) is 0 Å². The van der Waals surface area contributed by atoms with Crippen molar-refractivity contribution in [2.45, 2.75) is 45.4 Å². The maximum Gasteiger partial charge on any atom is 0.259 e. The third-order valence-corrected chi connectivity index (χ3v) is 5.82. The van der Waals surface area contributed by atoms with Gasteiger partial charge in [-0.25, -0.2) is 4.98 Å². The molecule has 0 unspecified atom stereocenters. The van der Waals surface area contributed by atoms with Crippen molar-refractivity contribution in [1.82, 2.24) is 15.3 Å². The van der Waals surface area contributed by atoms with Crippen molar-refractivity contribution in [2.24, 2.45) is 0 Å². The summed E-state index contributed by atoms with van der Waals surface area (Å²) in [6.07, 6.45) is 1.70. The number of aromatic nitrogens is 2. The Morgan fingerprint density at radius 3 is 2.92 bits per heavy atom. The molecule has 136 valence electrons. The van der Waals surface area contributed by atoms with E-state index in [1.165, 1.54) is 5.56 Å². The minimum absolute atomic E-state index is 0.0370. The molecule has 3 heterocycles. The number of thiophene rings is 1. The average Bonchev–Trinajstić information content (AvgIpc) is 2.96. The van der Waals surface area contributed by atoms with E-state index in [1.54, 1.807) is 11.3 Å². The molecule has 6 heteroatoms. The molecular formula is C20H23N3O2S. The molecule has 4 rings (SSSR count). The molecule has 0 amide bonds. The van der Waals surface area contributed by atoms with Crippen LogP contribution < -0.4 is 10.9 Å². The van der Waals surface area contributed by atoms with Crippen LogP contribution in [0.4, 0.5) is 0 Å². The smallest absolute Gasteiger partial charge is 0.259 e. The number of nitrogens with one attached hydrogen (secondary N) is 2. The molecule has 2 aromatic heterocycles. The molecule has 0 bridgehead atoms. The zero-order valence-electron chi connectivity index (χ0n) is 15.1. The Morgan fingerprint density at radius 1 is 1.31 bits per heavy atom. The van der Waals surface area contributed by atoms with E-state index in [1.807, 2.05) is 18.2 Å². The van der Waals surface area contributed by atoms with Gasteiger partial charge in [-0.05, 0) is 37.9 Å². The van der Waals surface area contributed by atoms with Crippen LogP contribution in [0, 0.1) is 0 Å². The highest BCUT2D eigenvalue weighted by Gasteiger charge is 2.30. The zero-order chi connectivity index (χ0) is 18.1. The van der Waals surface area contributed by atoms with Crippen LogP contribution in [0.25, 0.3) is 10.2 Å². The number of rotatable bonds is 5. The lowest BCUT2D eigenvalue weighted by Crippen LogP contribution is -2.31. The Hall–Kier alpha value is -2.02. The third kappa shape index (κ3) is 3.58. The maximum absolute atomic E-state index is 12.6. The van der Waals surface area contributed by atoms with Gasteiger partial charge in [0.2, 0.25) is 0 Å². The van der Waals surface area contributed by atoms with Gasteiger partial charge in [-0.1, -0.05) is 30.3 Å². The number of nitrogens with zero attached hydrogens (tertiary/aromatic N) is 1. The average molecular weight is 369 g/mol. The van der Waals surface area contributed by atoms with Gasteiger partial charge in [0.1, 0.15) is 10.7 Å². The second-order valence-corrected chi connectivity index (χ2v) is 8.42. The summed E-state index contributed by atoms with van der Waals surface area (Å²) in [5, 5.41) is 4.11. The van der Waals surface area contributed by atoms with Gasteiger partial charge in [0, 0.05) is 11.3 Å². The first-order valence-corrected chi connectivity index (χ1v) is 9.75. The van der Waals surface area contributed by atoms with Gasteiger partial charge in [-0.15, -0.1) is 11.3 Å². The van der Waals surface area contributed by atoms with E-state index in [2.05, 4.69) is 41.3 Å². The van der Waals surface area contributed by atoms with Crippen molar-refractivity contribution in [3.05, 3.63) is 62.5 Å². The fourth-order valence-corrected chi connectivity index (χ4v) is 4.49. The number of H-pyrrole nitrogens is 1. The molecule has 1 aliphatic rings. The van der Waals surface area contributed by atoms with Crippen LogP contribution in [-0.2, 0) is 30.7 Å². The summed E-state index contributed by atoms with van der Waals surface area (Å²) in [5.41, 5.74) is 2.14. The number of ether oxygens (including phenoxy) is 1. The molecule has 5 nitrogen and oxygen atoms in total. The predicted molar refractivity (Wildman–Crippen MR) is 105 cm³/mol. The fourth-order valence-electron chi connectivity index (χ4n) is 3.36. The SMILES string of the molecule is CC1(C)Cc2c(sc3nc(CNCCc4ccccc4)[nH]c(=O)c23)CO1. The summed E-state index contributed by atoms with van der Waals surface area (Å²) in [7, 11) is 0. The second kappa shape index (κ2) is 6.95. The minimum atomic E-state index is -0.231. The Balaban J connectivity index is 1.48. The highest BCUT2D eigenvalue weighted by molar-refractivity contribution is 7.18. The van der Waals surface area contributed by atoms with Crippen LogP contribution in [0.5, 0.6) is 0 Å². The maximum atomic E-state index is 12.6. The van der Waals surface area contributed by atoms with Crippen molar-refractivity contribution in [3.63, 3.8) is 0 Å². The summed E-state index contributed by atoms with van der Waals surface area (Å²) in [5.74, 6) is 0.689. The molecule has 1 aliphatic heterocycles. The first kappa shape index (κ1) is 17.4. The van der Waals surface area contributed by atoms with E-state index in [9.17, 15) is 4.79 Å². The van der Waals surface area contributed by atoms with Crippen molar-refractivity contribution in [1.29, 1.82) is 0 Å². The minimum Gasteiger partial charge on any atom is -0.370 e. The second-order valence-electron chi connectivity index (χ2n) is 7.33. The Kier molecular flexibility index (Phi) is 4.65. The number of hydrogen-bond donors (Lipinski definition) is 2. The standard InChI is InChI=1S/C20H23N3O2S/c1-20(2)10-14-15(12-25-20)26-19-17(14)18(24)22-16(23-19)11-21-9-8-13-6-4-3-5-7-13/h3-7,21H,8-12H2,1-2H3,(H,22,23,24). The van der Waals surface area contributed by atoms with E-state index < -0.39 is 0 Å². The number of hydrogen-bond acceptors (Lipinski definition) is 5. The van der Waals surface area contributed by atoms with E-state index in [4.69, 9.17) is 4.74 Å².